The van der Waals surface area contributed by atoms with Crippen molar-refractivity contribution >= 4 is 22.5 Å². The second-order valence-corrected chi connectivity index (χ2v) is 5.55. The predicted molar refractivity (Wildman–Crippen MR) is 94.6 cm³/mol. The Labute approximate surface area is 139 Å². The summed E-state index contributed by atoms with van der Waals surface area (Å²) in [7, 11) is 1.59. The highest BCUT2D eigenvalue weighted by Gasteiger charge is 2.10. The molecular weight excluding hydrogens is 304 g/mol. The van der Waals surface area contributed by atoms with Gasteiger partial charge in [0.1, 0.15) is 12.3 Å². The maximum Gasteiger partial charge on any atom is 0.254 e. The molecule has 0 aliphatic rings. The summed E-state index contributed by atoms with van der Waals surface area (Å²) in [6.07, 6.45) is 0. The first-order valence-electron chi connectivity index (χ1n) is 7.61. The van der Waals surface area contributed by atoms with Crippen LogP contribution in [-0.2, 0) is 11.3 Å². The van der Waals surface area contributed by atoms with Crippen LogP contribution in [0.4, 0.5) is 5.69 Å². The Hall–Kier alpha value is -3.08. The topological polar surface area (TPSA) is 60.3 Å². The summed E-state index contributed by atoms with van der Waals surface area (Å²) in [5.74, 6) is 0.465. The lowest BCUT2D eigenvalue weighted by atomic mass is 10.1. The number of rotatable bonds is 4. The zero-order chi connectivity index (χ0) is 17.1. The summed E-state index contributed by atoms with van der Waals surface area (Å²) in [4.78, 5) is 24.8. The predicted octanol–water partition coefficient (Wildman–Crippen LogP) is 2.96. The van der Waals surface area contributed by atoms with E-state index in [9.17, 15) is 9.59 Å². The van der Waals surface area contributed by atoms with Crippen LogP contribution in [0.1, 0.15) is 5.56 Å². The second kappa shape index (κ2) is 6.58. The minimum Gasteiger partial charge on any atom is -0.497 e. The summed E-state index contributed by atoms with van der Waals surface area (Å²) >= 11 is 0. The number of para-hydroxylation sites is 1. The lowest BCUT2D eigenvalue weighted by Crippen LogP contribution is -2.29. The number of anilines is 1. The summed E-state index contributed by atoms with van der Waals surface area (Å²) < 4.78 is 6.59. The fourth-order valence-corrected chi connectivity index (χ4v) is 2.65. The summed E-state index contributed by atoms with van der Waals surface area (Å²) in [5.41, 5.74) is 1.87. The van der Waals surface area contributed by atoms with E-state index in [0.29, 0.717) is 17.0 Å². The van der Waals surface area contributed by atoms with Crippen LogP contribution in [0, 0.1) is 6.92 Å². The molecule has 1 N–H and O–H groups in total. The average molecular weight is 322 g/mol. The van der Waals surface area contributed by atoms with Gasteiger partial charge in [-0.2, -0.15) is 0 Å². The van der Waals surface area contributed by atoms with Gasteiger partial charge in [0, 0.05) is 11.3 Å². The van der Waals surface area contributed by atoms with E-state index in [2.05, 4.69) is 5.32 Å². The molecule has 0 spiro atoms. The third-order valence-electron chi connectivity index (χ3n) is 3.86. The van der Waals surface area contributed by atoms with Gasteiger partial charge in [0.2, 0.25) is 5.91 Å². The molecule has 0 fully saturated rings. The molecule has 0 saturated heterocycles. The van der Waals surface area contributed by atoms with Gasteiger partial charge in [-0.05, 0) is 48.7 Å². The zero-order valence-electron chi connectivity index (χ0n) is 13.6. The molecular formula is C19H18N2O3. The Morgan fingerprint density at radius 1 is 1.12 bits per heavy atom. The van der Waals surface area contributed by atoms with Crippen molar-refractivity contribution in [1.82, 2.24) is 4.57 Å². The van der Waals surface area contributed by atoms with Crippen LogP contribution in [0.15, 0.2) is 59.4 Å². The molecule has 3 rings (SSSR count). The molecule has 0 atom stereocenters. The van der Waals surface area contributed by atoms with E-state index in [0.717, 1.165) is 10.9 Å². The largest absolute Gasteiger partial charge is 0.497 e. The second-order valence-electron chi connectivity index (χ2n) is 5.55. The lowest BCUT2D eigenvalue weighted by Gasteiger charge is -2.12. The van der Waals surface area contributed by atoms with Crippen LogP contribution in [0.2, 0.25) is 0 Å². The van der Waals surface area contributed by atoms with E-state index in [-0.39, 0.29) is 18.0 Å². The number of aryl methyl sites for hydroxylation is 1. The molecule has 5 heteroatoms. The van der Waals surface area contributed by atoms with Crippen LogP contribution in [0.3, 0.4) is 0 Å². The normalized spacial score (nSPS) is 10.6. The number of nitrogens with zero attached hydrogens (tertiary/aromatic N) is 1. The number of methoxy groups -OCH3 is 1. The van der Waals surface area contributed by atoms with Gasteiger partial charge in [0.05, 0.1) is 12.6 Å². The number of hydrogen-bond donors (Lipinski definition) is 1. The van der Waals surface area contributed by atoms with Gasteiger partial charge in [0.15, 0.2) is 0 Å². The van der Waals surface area contributed by atoms with Crippen LogP contribution in [0.5, 0.6) is 5.75 Å². The van der Waals surface area contributed by atoms with Crippen molar-refractivity contribution < 1.29 is 9.53 Å². The lowest BCUT2D eigenvalue weighted by molar-refractivity contribution is -0.116. The molecule has 0 unspecified atom stereocenters. The van der Waals surface area contributed by atoms with E-state index in [1.54, 1.807) is 38.3 Å². The van der Waals surface area contributed by atoms with Crippen molar-refractivity contribution in [1.29, 1.82) is 0 Å². The number of aromatic nitrogens is 1. The number of fused-ring (bicyclic) bond motifs is 1. The standard InChI is InChI=1S/C19H18N2O3/c1-13-11-14-5-3-4-6-17(14)21(19(13)23)12-18(22)20-15-7-9-16(24-2)10-8-15/h3-11H,12H2,1-2H3,(H,20,22). The van der Waals surface area contributed by atoms with Crippen LogP contribution in [-0.4, -0.2) is 17.6 Å². The monoisotopic (exact) mass is 322 g/mol. The van der Waals surface area contributed by atoms with Crippen molar-refractivity contribution in [3.63, 3.8) is 0 Å². The van der Waals surface area contributed by atoms with E-state index < -0.39 is 0 Å². The Kier molecular flexibility index (Phi) is 4.33. The Balaban J connectivity index is 1.87. The van der Waals surface area contributed by atoms with Crippen molar-refractivity contribution in [3.8, 4) is 5.75 Å². The quantitative estimate of drug-likeness (QED) is 0.803. The molecule has 0 bridgehead atoms. The molecule has 2 aromatic carbocycles. The zero-order valence-corrected chi connectivity index (χ0v) is 13.6. The smallest absolute Gasteiger partial charge is 0.254 e. The van der Waals surface area contributed by atoms with Crippen molar-refractivity contribution in [2.24, 2.45) is 0 Å². The SMILES string of the molecule is COc1ccc(NC(=O)Cn2c(=O)c(C)cc3ccccc32)cc1. The van der Waals surface area contributed by atoms with Gasteiger partial charge >= 0.3 is 0 Å². The molecule has 3 aromatic rings. The highest BCUT2D eigenvalue weighted by atomic mass is 16.5. The van der Waals surface area contributed by atoms with Gasteiger partial charge in [0.25, 0.3) is 5.56 Å². The van der Waals surface area contributed by atoms with Crippen LogP contribution in [0.25, 0.3) is 10.9 Å². The number of benzene rings is 2. The third-order valence-corrected chi connectivity index (χ3v) is 3.86. The number of amides is 1. The Morgan fingerprint density at radius 3 is 2.54 bits per heavy atom. The molecule has 0 aliphatic heterocycles. The van der Waals surface area contributed by atoms with Crippen molar-refractivity contribution in [2.45, 2.75) is 13.5 Å². The summed E-state index contributed by atoms with van der Waals surface area (Å²) in [6.45, 7) is 1.72. The number of ether oxygens (including phenoxy) is 1. The Bertz CT molecular complexity index is 943. The third kappa shape index (κ3) is 3.15. The van der Waals surface area contributed by atoms with Crippen LogP contribution < -0.4 is 15.6 Å². The van der Waals surface area contributed by atoms with E-state index in [1.165, 1.54) is 4.57 Å². The first kappa shape index (κ1) is 15.8. The van der Waals surface area contributed by atoms with Crippen molar-refractivity contribution in [3.05, 3.63) is 70.5 Å². The molecule has 1 amide bonds. The van der Waals surface area contributed by atoms with Gasteiger partial charge < -0.3 is 10.1 Å². The van der Waals surface area contributed by atoms with Gasteiger partial charge in [-0.25, -0.2) is 0 Å². The Morgan fingerprint density at radius 2 is 1.83 bits per heavy atom. The molecule has 0 radical (unpaired) electrons. The maximum atomic E-state index is 12.4. The van der Waals surface area contributed by atoms with Gasteiger partial charge in [-0.15, -0.1) is 0 Å². The molecule has 122 valence electrons. The maximum absolute atomic E-state index is 12.4. The number of carbonyl (C=O) groups excluding carboxylic acids is 1. The first-order valence-corrected chi connectivity index (χ1v) is 7.61. The van der Waals surface area contributed by atoms with Gasteiger partial charge in [-0.3, -0.25) is 14.2 Å². The van der Waals surface area contributed by atoms with E-state index in [1.807, 2.05) is 30.3 Å². The number of nitrogens with one attached hydrogen (secondary N) is 1. The summed E-state index contributed by atoms with van der Waals surface area (Å²) in [5, 5.41) is 3.74. The highest BCUT2D eigenvalue weighted by molar-refractivity contribution is 5.91. The molecule has 24 heavy (non-hydrogen) atoms. The molecule has 5 nitrogen and oxygen atoms in total. The van der Waals surface area contributed by atoms with E-state index >= 15 is 0 Å². The van der Waals surface area contributed by atoms with Gasteiger partial charge in [-0.1, -0.05) is 18.2 Å². The average Bonchev–Trinajstić information content (AvgIpc) is 2.59. The minimum atomic E-state index is -0.252. The summed E-state index contributed by atoms with van der Waals surface area (Å²) in [6, 6.07) is 16.4. The highest BCUT2D eigenvalue weighted by Crippen LogP contribution is 2.16. The van der Waals surface area contributed by atoms with Crippen LogP contribution >= 0.6 is 0 Å². The molecule has 1 aromatic heterocycles. The first-order chi connectivity index (χ1) is 11.6. The number of pyridine rings is 1. The molecule has 0 aliphatic carbocycles. The molecule has 1 heterocycles. The fraction of sp³-hybridized carbons (Fsp3) is 0.158. The number of hydrogen-bond acceptors (Lipinski definition) is 3. The minimum absolute atomic E-state index is 0.0347. The number of carbonyl (C=O) groups is 1. The van der Waals surface area contributed by atoms with E-state index in [4.69, 9.17) is 4.74 Å². The fourth-order valence-electron chi connectivity index (χ4n) is 2.65. The van der Waals surface area contributed by atoms with Crippen molar-refractivity contribution in [2.75, 3.05) is 12.4 Å². The molecule has 0 saturated carbocycles.